The van der Waals surface area contributed by atoms with Crippen LogP contribution in [0.1, 0.15) is 36.8 Å². The van der Waals surface area contributed by atoms with Crippen LogP contribution in [0.4, 0.5) is 0 Å². The van der Waals surface area contributed by atoms with Gasteiger partial charge >= 0.3 is 0 Å². The molecule has 0 aromatic heterocycles. The number of hydrogen-bond donors (Lipinski definition) is 1. The summed E-state index contributed by atoms with van der Waals surface area (Å²) in [7, 11) is 2.21. The van der Waals surface area contributed by atoms with E-state index >= 15 is 0 Å². The van der Waals surface area contributed by atoms with Gasteiger partial charge in [0.2, 0.25) is 0 Å². The monoisotopic (exact) mass is 231 g/mol. The Balaban J connectivity index is 1.93. The van der Waals surface area contributed by atoms with Crippen LogP contribution in [0.2, 0.25) is 0 Å². The Kier molecular flexibility index (Phi) is 2.53. The fourth-order valence-corrected chi connectivity index (χ4v) is 3.62. The molecule has 2 heteroatoms. The Labute approximate surface area is 103 Å². The highest BCUT2D eigenvalue weighted by Crippen LogP contribution is 2.44. The molecule has 2 atom stereocenters. The zero-order valence-corrected chi connectivity index (χ0v) is 10.7. The van der Waals surface area contributed by atoms with Gasteiger partial charge in [0.15, 0.2) is 0 Å². The third-order valence-electron chi connectivity index (χ3n) is 4.69. The van der Waals surface area contributed by atoms with E-state index in [2.05, 4.69) is 43.1 Å². The zero-order valence-electron chi connectivity index (χ0n) is 10.7. The molecule has 1 aromatic carbocycles. The van der Waals surface area contributed by atoms with Crippen molar-refractivity contribution in [3.63, 3.8) is 0 Å². The minimum atomic E-state index is -0.593. The van der Waals surface area contributed by atoms with Gasteiger partial charge in [-0.1, -0.05) is 29.8 Å². The van der Waals surface area contributed by atoms with E-state index in [1.54, 1.807) is 0 Å². The van der Waals surface area contributed by atoms with Crippen molar-refractivity contribution in [3.05, 3.63) is 35.4 Å². The predicted molar refractivity (Wildman–Crippen MR) is 68.9 cm³/mol. The molecule has 17 heavy (non-hydrogen) atoms. The van der Waals surface area contributed by atoms with E-state index in [4.69, 9.17) is 0 Å². The summed E-state index contributed by atoms with van der Waals surface area (Å²) in [6.45, 7) is 2.09. The van der Waals surface area contributed by atoms with Gasteiger partial charge in [0, 0.05) is 12.1 Å². The highest BCUT2D eigenvalue weighted by molar-refractivity contribution is 5.29. The molecule has 0 spiro atoms. The van der Waals surface area contributed by atoms with Crippen molar-refractivity contribution in [3.8, 4) is 0 Å². The van der Waals surface area contributed by atoms with Crippen LogP contribution in [0.3, 0.4) is 0 Å². The third-order valence-corrected chi connectivity index (χ3v) is 4.69. The minimum absolute atomic E-state index is 0.569. The second-order valence-corrected chi connectivity index (χ2v) is 5.86. The first-order valence-corrected chi connectivity index (χ1v) is 6.60. The van der Waals surface area contributed by atoms with E-state index < -0.39 is 5.60 Å². The summed E-state index contributed by atoms with van der Waals surface area (Å²) in [4.78, 5) is 2.46. The number of aliphatic hydroxyl groups is 1. The summed E-state index contributed by atoms with van der Waals surface area (Å²) < 4.78 is 0. The molecule has 1 aromatic rings. The number of fused-ring (bicyclic) bond motifs is 2. The van der Waals surface area contributed by atoms with Crippen LogP contribution in [0.15, 0.2) is 24.3 Å². The first kappa shape index (κ1) is 11.2. The highest BCUT2D eigenvalue weighted by atomic mass is 16.3. The molecule has 2 aliphatic rings. The lowest BCUT2D eigenvalue weighted by Crippen LogP contribution is -2.47. The van der Waals surface area contributed by atoms with Gasteiger partial charge in [-0.15, -0.1) is 0 Å². The van der Waals surface area contributed by atoms with Crippen molar-refractivity contribution in [1.29, 1.82) is 0 Å². The fourth-order valence-electron chi connectivity index (χ4n) is 3.62. The molecule has 2 aliphatic heterocycles. The van der Waals surface area contributed by atoms with E-state index in [1.165, 1.54) is 18.4 Å². The maximum atomic E-state index is 10.9. The predicted octanol–water partition coefficient (Wildman–Crippen LogP) is 2.44. The average Bonchev–Trinajstić information content (AvgIpc) is 2.53. The van der Waals surface area contributed by atoms with E-state index in [1.807, 2.05) is 0 Å². The second kappa shape index (κ2) is 3.82. The lowest BCUT2D eigenvalue weighted by atomic mass is 9.80. The van der Waals surface area contributed by atoms with Gasteiger partial charge in [-0.25, -0.2) is 0 Å². The number of piperidine rings is 1. The van der Waals surface area contributed by atoms with Gasteiger partial charge in [0.05, 0.1) is 5.60 Å². The van der Waals surface area contributed by atoms with Crippen molar-refractivity contribution < 1.29 is 5.11 Å². The molecule has 2 nitrogen and oxygen atoms in total. The van der Waals surface area contributed by atoms with Crippen LogP contribution in [0.25, 0.3) is 0 Å². The Morgan fingerprint density at radius 3 is 2.47 bits per heavy atom. The fraction of sp³-hybridized carbons (Fsp3) is 0.600. The maximum Gasteiger partial charge on any atom is 0.0926 e. The van der Waals surface area contributed by atoms with Crippen LogP contribution >= 0.6 is 0 Å². The van der Waals surface area contributed by atoms with Gasteiger partial charge in [0.25, 0.3) is 0 Å². The second-order valence-electron chi connectivity index (χ2n) is 5.86. The molecule has 0 saturated carbocycles. The standard InChI is InChI=1S/C15H21NO/c1-11-4-3-5-12(8-11)15(17)9-13-6-7-14(10-15)16(13)2/h3-5,8,13-14,17H,6-7,9-10H2,1-2H3. The van der Waals surface area contributed by atoms with Crippen LogP contribution < -0.4 is 0 Å². The molecule has 2 fully saturated rings. The molecule has 1 N–H and O–H groups in total. The van der Waals surface area contributed by atoms with Gasteiger partial charge in [-0.2, -0.15) is 0 Å². The summed E-state index contributed by atoms with van der Waals surface area (Å²) in [5.74, 6) is 0. The topological polar surface area (TPSA) is 23.5 Å². The van der Waals surface area contributed by atoms with Gasteiger partial charge in [-0.05, 0) is 45.2 Å². The minimum Gasteiger partial charge on any atom is -0.385 e. The first-order chi connectivity index (χ1) is 8.08. The van der Waals surface area contributed by atoms with Crippen LogP contribution in [0.5, 0.6) is 0 Å². The van der Waals surface area contributed by atoms with E-state index in [-0.39, 0.29) is 0 Å². The smallest absolute Gasteiger partial charge is 0.0926 e. The van der Waals surface area contributed by atoms with E-state index in [9.17, 15) is 5.11 Å². The van der Waals surface area contributed by atoms with Crippen molar-refractivity contribution >= 4 is 0 Å². The Bertz CT molecular complexity index is 415. The Morgan fingerprint density at radius 1 is 1.24 bits per heavy atom. The SMILES string of the molecule is Cc1cccc(C2(O)CC3CCC(C2)N3C)c1. The van der Waals surface area contributed by atoms with Crippen molar-refractivity contribution in [2.24, 2.45) is 0 Å². The summed E-state index contributed by atoms with van der Waals surface area (Å²) in [5.41, 5.74) is 1.76. The van der Waals surface area contributed by atoms with Crippen molar-refractivity contribution in [2.45, 2.75) is 50.3 Å². The largest absolute Gasteiger partial charge is 0.385 e. The number of benzene rings is 1. The normalized spacial score (nSPS) is 37.4. The summed E-state index contributed by atoms with van der Waals surface area (Å²) in [5, 5.41) is 10.9. The summed E-state index contributed by atoms with van der Waals surface area (Å²) in [6, 6.07) is 9.51. The van der Waals surface area contributed by atoms with Crippen molar-refractivity contribution in [2.75, 3.05) is 7.05 Å². The summed E-state index contributed by atoms with van der Waals surface area (Å²) >= 11 is 0. The molecule has 0 aliphatic carbocycles. The van der Waals surface area contributed by atoms with Crippen LogP contribution in [-0.2, 0) is 5.60 Å². The van der Waals surface area contributed by atoms with E-state index in [0.29, 0.717) is 12.1 Å². The number of aryl methyl sites for hydroxylation is 1. The van der Waals surface area contributed by atoms with Crippen LogP contribution in [0, 0.1) is 6.92 Å². The Hall–Kier alpha value is -0.860. The molecule has 92 valence electrons. The Morgan fingerprint density at radius 2 is 1.88 bits per heavy atom. The van der Waals surface area contributed by atoms with E-state index in [0.717, 1.165) is 18.4 Å². The van der Waals surface area contributed by atoms with Crippen LogP contribution in [-0.4, -0.2) is 29.1 Å². The number of hydrogen-bond acceptors (Lipinski definition) is 2. The van der Waals surface area contributed by atoms with Gasteiger partial charge in [-0.3, -0.25) is 0 Å². The number of rotatable bonds is 1. The lowest BCUT2D eigenvalue weighted by molar-refractivity contribution is -0.0493. The lowest BCUT2D eigenvalue weighted by Gasteiger charge is -2.42. The quantitative estimate of drug-likeness (QED) is 0.802. The van der Waals surface area contributed by atoms with Gasteiger partial charge < -0.3 is 10.0 Å². The first-order valence-electron chi connectivity index (χ1n) is 6.60. The van der Waals surface area contributed by atoms with Crippen molar-refractivity contribution in [1.82, 2.24) is 4.90 Å². The third kappa shape index (κ3) is 1.80. The average molecular weight is 231 g/mol. The molecule has 2 unspecified atom stereocenters. The molecule has 3 rings (SSSR count). The molecule has 0 radical (unpaired) electrons. The molecule has 2 bridgehead atoms. The molecule has 0 amide bonds. The molecule has 2 saturated heterocycles. The number of nitrogens with zero attached hydrogens (tertiary/aromatic N) is 1. The molecule has 2 heterocycles. The highest BCUT2D eigenvalue weighted by Gasteiger charge is 2.46. The summed E-state index contributed by atoms with van der Waals surface area (Å²) in [6.07, 6.45) is 4.28. The van der Waals surface area contributed by atoms with Gasteiger partial charge in [0.1, 0.15) is 0 Å². The molecular weight excluding hydrogens is 210 g/mol. The zero-order chi connectivity index (χ0) is 12.0. The maximum absolute atomic E-state index is 10.9. The molecular formula is C15H21NO.